The third kappa shape index (κ3) is 3.57. The Kier molecular flexibility index (Phi) is 5.52. The smallest absolute Gasteiger partial charge is 0.300 e. The molecular formula is C24H21NO5S. The molecule has 0 aliphatic carbocycles. The lowest BCUT2D eigenvalue weighted by Crippen LogP contribution is -2.29. The van der Waals surface area contributed by atoms with Crippen molar-refractivity contribution in [1.29, 1.82) is 0 Å². The molecule has 2 heterocycles. The average molecular weight is 436 g/mol. The molecule has 1 saturated heterocycles. The summed E-state index contributed by atoms with van der Waals surface area (Å²) < 4.78 is 10.7. The Morgan fingerprint density at radius 2 is 1.65 bits per heavy atom. The zero-order valence-electron chi connectivity index (χ0n) is 17.3. The van der Waals surface area contributed by atoms with Crippen molar-refractivity contribution in [2.24, 2.45) is 0 Å². The molecule has 0 bridgehead atoms. The van der Waals surface area contributed by atoms with Gasteiger partial charge in [0, 0.05) is 28.6 Å². The van der Waals surface area contributed by atoms with Gasteiger partial charge in [-0.05, 0) is 23.9 Å². The van der Waals surface area contributed by atoms with Gasteiger partial charge in [0.1, 0.15) is 23.3 Å². The van der Waals surface area contributed by atoms with Crippen molar-refractivity contribution in [3.63, 3.8) is 0 Å². The van der Waals surface area contributed by atoms with Crippen molar-refractivity contribution < 1.29 is 24.2 Å². The average Bonchev–Trinajstić information content (AvgIpc) is 3.33. The molecule has 1 fully saturated rings. The maximum Gasteiger partial charge on any atom is 0.300 e. The number of hydrogen-bond donors (Lipinski definition) is 1. The van der Waals surface area contributed by atoms with E-state index in [4.69, 9.17) is 9.47 Å². The zero-order valence-corrected chi connectivity index (χ0v) is 18.1. The fourth-order valence-electron chi connectivity index (χ4n) is 3.69. The van der Waals surface area contributed by atoms with Crippen molar-refractivity contribution >= 4 is 34.5 Å². The van der Waals surface area contributed by atoms with Gasteiger partial charge in [0.25, 0.3) is 11.7 Å². The Labute approximate surface area is 184 Å². The minimum absolute atomic E-state index is 0.0588. The molecule has 158 valence electrons. The number of ketones is 1. The van der Waals surface area contributed by atoms with Gasteiger partial charge in [-0.25, -0.2) is 0 Å². The lowest BCUT2D eigenvalue weighted by molar-refractivity contribution is -0.132. The number of ether oxygens (including phenoxy) is 2. The van der Waals surface area contributed by atoms with Crippen LogP contribution in [0.15, 0.2) is 65.6 Å². The van der Waals surface area contributed by atoms with E-state index in [9.17, 15) is 14.7 Å². The minimum atomic E-state index is -0.767. The summed E-state index contributed by atoms with van der Waals surface area (Å²) in [5, 5.41) is 13.0. The highest BCUT2D eigenvalue weighted by Crippen LogP contribution is 2.46. The zero-order chi connectivity index (χ0) is 22.1. The van der Waals surface area contributed by atoms with Gasteiger partial charge in [0.15, 0.2) is 0 Å². The molecule has 3 aromatic rings. The summed E-state index contributed by atoms with van der Waals surface area (Å²) in [7, 11) is 3.03. The Hall–Kier alpha value is -3.58. The molecule has 7 heteroatoms. The molecule has 1 aromatic heterocycles. The van der Waals surface area contributed by atoms with Crippen LogP contribution in [0, 0.1) is 6.92 Å². The lowest BCUT2D eigenvalue weighted by Gasteiger charge is -2.25. The van der Waals surface area contributed by atoms with E-state index in [0.29, 0.717) is 22.7 Å². The Bertz CT molecular complexity index is 1160. The highest BCUT2D eigenvalue weighted by Gasteiger charge is 2.48. The number of thiophene rings is 1. The van der Waals surface area contributed by atoms with E-state index in [-0.39, 0.29) is 11.3 Å². The predicted octanol–water partition coefficient (Wildman–Crippen LogP) is 4.70. The normalized spacial score (nSPS) is 17.8. The molecule has 1 amide bonds. The summed E-state index contributed by atoms with van der Waals surface area (Å²) in [5.41, 5.74) is 1.91. The highest BCUT2D eigenvalue weighted by atomic mass is 32.1. The highest BCUT2D eigenvalue weighted by molar-refractivity contribution is 7.10. The SMILES string of the molecule is COc1cc(OC)cc(N2C(=O)C(=O)/C(=C(\O)c3ccccc3)C2c2sccc2C)c1. The topological polar surface area (TPSA) is 76.1 Å². The molecular weight excluding hydrogens is 414 g/mol. The largest absolute Gasteiger partial charge is 0.507 e. The van der Waals surface area contributed by atoms with E-state index in [1.807, 2.05) is 24.4 Å². The van der Waals surface area contributed by atoms with Gasteiger partial charge in [0.2, 0.25) is 0 Å². The molecule has 1 N–H and O–H groups in total. The molecule has 1 aliphatic heterocycles. The lowest BCUT2D eigenvalue weighted by atomic mass is 9.98. The van der Waals surface area contributed by atoms with E-state index in [1.165, 1.54) is 30.5 Å². The van der Waals surface area contributed by atoms with E-state index < -0.39 is 17.7 Å². The number of carbonyl (C=O) groups excluding carboxylic acids is 2. The van der Waals surface area contributed by atoms with Crippen LogP contribution in [0.25, 0.3) is 5.76 Å². The number of aryl methyl sites for hydroxylation is 1. The quantitative estimate of drug-likeness (QED) is 0.357. The first-order chi connectivity index (χ1) is 15.0. The summed E-state index contributed by atoms with van der Waals surface area (Å²) in [5.74, 6) is -0.678. The standard InChI is InChI=1S/C24H21NO5S/c1-14-9-10-31-23(14)20-19(21(26)15-7-5-4-6-8-15)22(27)24(28)25(20)16-11-17(29-2)13-18(12-16)30-3/h4-13,20,26H,1-3H3/b21-19-. The molecule has 2 aromatic carbocycles. The van der Waals surface area contributed by atoms with Crippen LogP contribution in [0.3, 0.4) is 0 Å². The van der Waals surface area contributed by atoms with Crippen LogP contribution in [0.5, 0.6) is 11.5 Å². The van der Waals surface area contributed by atoms with Gasteiger partial charge in [-0.1, -0.05) is 30.3 Å². The van der Waals surface area contributed by atoms with Crippen LogP contribution < -0.4 is 14.4 Å². The first-order valence-electron chi connectivity index (χ1n) is 9.59. The van der Waals surface area contributed by atoms with Crippen molar-refractivity contribution in [2.75, 3.05) is 19.1 Å². The van der Waals surface area contributed by atoms with E-state index >= 15 is 0 Å². The summed E-state index contributed by atoms with van der Waals surface area (Å²) in [4.78, 5) is 28.6. The van der Waals surface area contributed by atoms with Crippen LogP contribution >= 0.6 is 11.3 Å². The number of Topliss-reactive ketones (excluding diaryl/α,β-unsaturated/α-hetero) is 1. The molecule has 6 nitrogen and oxygen atoms in total. The third-order valence-corrected chi connectivity index (χ3v) is 6.33. The van der Waals surface area contributed by atoms with Crippen LogP contribution in [0.4, 0.5) is 5.69 Å². The number of hydrogen-bond acceptors (Lipinski definition) is 6. The summed E-state index contributed by atoms with van der Waals surface area (Å²) in [6.45, 7) is 1.92. The maximum absolute atomic E-state index is 13.2. The predicted molar refractivity (Wildman–Crippen MR) is 120 cm³/mol. The number of methoxy groups -OCH3 is 2. The Balaban J connectivity index is 1.97. The number of aliphatic hydroxyl groups excluding tert-OH is 1. The number of aliphatic hydroxyl groups is 1. The van der Waals surface area contributed by atoms with Crippen molar-refractivity contribution in [3.05, 3.63) is 81.6 Å². The molecule has 1 atom stereocenters. The van der Waals surface area contributed by atoms with Gasteiger partial charge in [-0.15, -0.1) is 11.3 Å². The van der Waals surface area contributed by atoms with E-state index in [1.54, 1.807) is 42.5 Å². The minimum Gasteiger partial charge on any atom is -0.507 e. The number of amides is 1. The molecule has 0 spiro atoms. The summed E-state index contributed by atoms with van der Waals surface area (Å²) in [6, 6.07) is 15.0. The first kappa shape index (κ1) is 20.7. The number of nitrogens with zero attached hydrogens (tertiary/aromatic N) is 1. The molecule has 1 aliphatic rings. The number of anilines is 1. The summed E-state index contributed by atoms with van der Waals surface area (Å²) in [6.07, 6.45) is 0. The van der Waals surface area contributed by atoms with Gasteiger partial charge >= 0.3 is 0 Å². The van der Waals surface area contributed by atoms with Crippen LogP contribution in [0.1, 0.15) is 22.0 Å². The Morgan fingerprint density at radius 3 is 2.19 bits per heavy atom. The fourth-order valence-corrected chi connectivity index (χ4v) is 4.72. The second-order valence-corrected chi connectivity index (χ2v) is 8.02. The van der Waals surface area contributed by atoms with Crippen LogP contribution in [0.2, 0.25) is 0 Å². The first-order valence-corrected chi connectivity index (χ1v) is 10.5. The maximum atomic E-state index is 13.2. The van der Waals surface area contributed by atoms with Crippen molar-refractivity contribution in [1.82, 2.24) is 0 Å². The third-order valence-electron chi connectivity index (χ3n) is 5.26. The number of carbonyl (C=O) groups is 2. The number of rotatable bonds is 5. The van der Waals surface area contributed by atoms with Gasteiger partial charge < -0.3 is 14.6 Å². The van der Waals surface area contributed by atoms with Gasteiger partial charge in [0.05, 0.1) is 25.5 Å². The molecule has 4 rings (SSSR count). The molecule has 0 radical (unpaired) electrons. The second kappa shape index (κ2) is 8.28. The van der Waals surface area contributed by atoms with E-state index in [2.05, 4.69) is 0 Å². The van der Waals surface area contributed by atoms with Gasteiger partial charge in [-0.3, -0.25) is 14.5 Å². The number of benzene rings is 2. The monoisotopic (exact) mass is 435 g/mol. The van der Waals surface area contributed by atoms with Crippen molar-refractivity contribution in [2.45, 2.75) is 13.0 Å². The fraction of sp³-hybridized carbons (Fsp3) is 0.167. The molecule has 31 heavy (non-hydrogen) atoms. The molecule has 0 saturated carbocycles. The summed E-state index contributed by atoms with van der Waals surface area (Å²) >= 11 is 1.43. The van der Waals surface area contributed by atoms with Crippen molar-refractivity contribution in [3.8, 4) is 11.5 Å². The van der Waals surface area contributed by atoms with Gasteiger partial charge in [-0.2, -0.15) is 0 Å². The van der Waals surface area contributed by atoms with Crippen LogP contribution in [-0.2, 0) is 9.59 Å². The van der Waals surface area contributed by atoms with Crippen LogP contribution in [-0.4, -0.2) is 31.0 Å². The second-order valence-electron chi connectivity index (χ2n) is 7.07. The molecule has 1 unspecified atom stereocenters. The Morgan fingerprint density at radius 1 is 1.00 bits per heavy atom. The van der Waals surface area contributed by atoms with E-state index in [0.717, 1.165) is 10.4 Å².